The first kappa shape index (κ1) is 15.0. The van der Waals surface area contributed by atoms with E-state index in [-0.39, 0.29) is 11.5 Å². The molecular weight excluding hydrogens is 228 g/mol. The summed E-state index contributed by atoms with van der Waals surface area (Å²) < 4.78 is 18.4. The van der Waals surface area contributed by atoms with Crippen LogP contribution in [0, 0.1) is 0 Å². The molecule has 0 aromatic heterocycles. The summed E-state index contributed by atoms with van der Waals surface area (Å²) in [4.78, 5) is 22.0. The van der Waals surface area contributed by atoms with Gasteiger partial charge in [-0.3, -0.25) is 0 Å². The first-order valence-electron chi connectivity index (χ1n) is 4.96. The van der Waals surface area contributed by atoms with Crippen molar-refractivity contribution < 1.29 is 28.5 Å². The molecule has 0 saturated carbocycles. The van der Waals surface area contributed by atoms with Crippen LogP contribution >= 0.6 is 0 Å². The lowest BCUT2D eigenvalue weighted by Crippen LogP contribution is -2.10. The highest BCUT2D eigenvalue weighted by Gasteiger charge is 2.14. The van der Waals surface area contributed by atoms with E-state index in [2.05, 4.69) is 9.47 Å². The second-order valence-electron chi connectivity index (χ2n) is 2.75. The molecule has 0 aliphatic carbocycles. The summed E-state index contributed by atoms with van der Waals surface area (Å²) in [5.74, 6) is 0.285. The van der Waals surface area contributed by atoms with Gasteiger partial charge in [-0.05, 0) is 13.0 Å². The Morgan fingerprint density at radius 2 is 1.59 bits per heavy atom. The summed E-state index contributed by atoms with van der Waals surface area (Å²) in [6, 6.07) is 0. The van der Waals surface area contributed by atoms with E-state index in [1.54, 1.807) is 19.9 Å². The van der Waals surface area contributed by atoms with Crippen molar-refractivity contribution in [2.45, 2.75) is 20.3 Å². The Balaban J connectivity index is 5.01. The van der Waals surface area contributed by atoms with Gasteiger partial charge in [0.25, 0.3) is 0 Å². The predicted molar refractivity (Wildman–Crippen MR) is 59.1 cm³/mol. The Kier molecular flexibility index (Phi) is 7.25. The third-order valence-corrected chi connectivity index (χ3v) is 1.65. The number of hydrogen-bond acceptors (Lipinski definition) is 6. The molecule has 0 unspecified atom stereocenters. The van der Waals surface area contributed by atoms with Crippen molar-refractivity contribution in [3.63, 3.8) is 0 Å². The Hall–Kier alpha value is -1.98. The average molecular weight is 244 g/mol. The maximum Gasteiger partial charge on any atom is 0.513 e. The molecule has 6 heteroatoms. The fraction of sp³-hybridized carbons (Fsp3) is 0.455. The molecule has 0 atom stereocenters. The Morgan fingerprint density at radius 1 is 1.06 bits per heavy atom. The summed E-state index contributed by atoms with van der Waals surface area (Å²) in [5.41, 5.74) is 0. The third kappa shape index (κ3) is 5.60. The van der Waals surface area contributed by atoms with Crippen molar-refractivity contribution in [1.29, 1.82) is 0 Å². The molecule has 0 aromatic carbocycles. The number of carbonyl (C=O) groups excluding carboxylic acids is 2. The van der Waals surface area contributed by atoms with Crippen molar-refractivity contribution in [3.8, 4) is 0 Å². The van der Waals surface area contributed by atoms with Gasteiger partial charge in [0.05, 0.1) is 14.2 Å². The minimum Gasteiger partial charge on any atom is -0.437 e. The number of carbonyl (C=O) groups is 2. The third-order valence-electron chi connectivity index (χ3n) is 1.65. The lowest BCUT2D eigenvalue weighted by molar-refractivity contribution is 0.0788. The lowest BCUT2D eigenvalue weighted by Gasteiger charge is -2.10. The summed E-state index contributed by atoms with van der Waals surface area (Å²) in [7, 11) is 2.37. The zero-order valence-electron chi connectivity index (χ0n) is 10.3. The Bertz CT molecular complexity index is 329. The molecule has 17 heavy (non-hydrogen) atoms. The van der Waals surface area contributed by atoms with Crippen molar-refractivity contribution in [1.82, 2.24) is 0 Å². The quantitative estimate of drug-likeness (QED) is 0.430. The SMILES string of the molecule is C/C=C\C(OC(=O)OC)=C(/CC)OC(=O)OC. The molecule has 0 saturated heterocycles. The van der Waals surface area contributed by atoms with Crippen LogP contribution in [0.3, 0.4) is 0 Å². The first-order chi connectivity index (χ1) is 8.08. The molecule has 0 amide bonds. The zero-order chi connectivity index (χ0) is 13.3. The van der Waals surface area contributed by atoms with Crippen molar-refractivity contribution in [2.75, 3.05) is 14.2 Å². The topological polar surface area (TPSA) is 71.1 Å². The average Bonchev–Trinajstić information content (AvgIpc) is 2.34. The Morgan fingerprint density at radius 3 is 2.00 bits per heavy atom. The van der Waals surface area contributed by atoms with E-state index in [4.69, 9.17) is 9.47 Å². The van der Waals surface area contributed by atoms with E-state index in [1.807, 2.05) is 0 Å². The van der Waals surface area contributed by atoms with Crippen LogP contribution in [0.1, 0.15) is 20.3 Å². The zero-order valence-corrected chi connectivity index (χ0v) is 10.3. The Labute approximate surface area is 99.8 Å². The molecule has 0 heterocycles. The lowest BCUT2D eigenvalue weighted by atomic mass is 10.3. The first-order valence-corrected chi connectivity index (χ1v) is 4.96. The molecule has 0 spiro atoms. The van der Waals surface area contributed by atoms with Gasteiger partial charge >= 0.3 is 12.3 Å². The molecule has 0 bridgehead atoms. The van der Waals surface area contributed by atoms with E-state index in [0.29, 0.717) is 6.42 Å². The van der Waals surface area contributed by atoms with Gasteiger partial charge in [-0.1, -0.05) is 13.0 Å². The summed E-state index contributed by atoms with van der Waals surface area (Å²) >= 11 is 0. The minimum atomic E-state index is -0.891. The van der Waals surface area contributed by atoms with Gasteiger partial charge in [0.1, 0.15) is 0 Å². The van der Waals surface area contributed by atoms with Crippen LogP contribution in [0.2, 0.25) is 0 Å². The molecule has 6 nitrogen and oxygen atoms in total. The fourth-order valence-corrected chi connectivity index (χ4v) is 0.906. The highest BCUT2D eigenvalue weighted by Crippen LogP contribution is 2.15. The summed E-state index contributed by atoms with van der Waals surface area (Å²) in [5, 5.41) is 0. The fourth-order valence-electron chi connectivity index (χ4n) is 0.906. The molecular formula is C11H16O6. The largest absolute Gasteiger partial charge is 0.513 e. The monoisotopic (exact) mass is 244 g/mol. The van der Waals surface area contributed by atoms with Gasteiger partial charge in [0.2, 0.25) is 0 Å². The number of methoxy groups -OCH3 is 2. The number of hydrogen-bond donors (Lipinski definition) is 0. The maximum atomic E-state index is 11.0. The highest BCUT2D eigenvalue weighted by atomic mass is 16.7. The van der Waals surface area contributed by atoms with Gasteiger partial charge < -0.3 is 18.9 Å². The second kappa shape index (κ2) is 8.20. The van der Waals surface area contributed by atoms with E-state index >= 15 is 0 Å². The summed E-state index contributed by atoms with van der Waals surface area (Å²) in [6.45, 7) is 3.47. The number of rotatable bonds is 4. The number of ether oxygens (including phenoxy) is 4. The minimum absolute atomic E-state index is 0.104. The van der Waals surface area contributed by atoms with Crippen LogP contribution in [0.25, 0.3) is 0 Å². The van der Waals surface area contributed by atoms with Gasteiger partial charge in [-0.15, -0.1) is 0 Å². The predicted octanol–water partition coefficient (Wildman–Crippen LogP) is 2.75. The molecule has 0 aliphatic rings. The van der Waals surface area contributed by atoms with Crippen LogP contribution in [0.4, 0.5) is 9.59 Å². The smallest absolute Gasteiger partial charge is 0.437 e. The van der Waals surface area contributed by atoms with Crippen molar-refractivity contribution in [2.24, 2.45) is 0 Å². The normalized spacial score (nSPS) is 11.8. The maximum absolute atomic E-state index is 11.0. The van der Waals surface area contributed by atoms with Gasteiger partial charge in [-0.25, -0.2) is 9.59 Å². The van der Waals surface area contributed by atoms with Crippen molar-refractivity contribution in [3.05, 3.63) is 23.7 Å². The van der Waals surface area contributed by atoms with E-state index < -0.39 is 12.3 Å². The molecule has 0 radical (unpaired) electrons. The standard InChI is InChI=1S/C11H16O6/c1-5-7-9(17-11(13)15-4)8(6-2)16-10(12)14-3/h5,7H,6H2,1-4H3/b7-5-,9-8-. The van der Waals surface area contributed by atoms with Gasteiger partial charge in [0.15, 0.2) is 11.5 Å². The van der Waals surface area contributed by atoms with E-state index in [0.717, 1.165) is 0 Å². The van der Waals surface area contributed by atoms with Crippen LogP contribution in [-0.4, -0.2) is 26.5 Å². The number of allylic oxidation sites excluding steroid dienone is 3. The van der Waals surface area contributed by atoms with E-state index in [1.165, 1.54) is 20.3 Å². The van der Waals surface area contributed by atoms with Gasteiger partial charge in [-0.2, -0.15) is 0 Å². The molecule has 0 aliphatic heterocycles. The molecule has 0 rings (SSSR count). The molecule has 0 aromatic rings. The van der Waals surface area contributed by atoms with Crippen molar-refractivity contribution >= 4 is 12.3 Å². The van der Waals surface area contributed by atoms with E-state index in [9.17, 15) is 9.59 Å². The molecule has 96 valence electrons. The highest BCUT2D eigenvalue weighted by molar-refractivity contribution is 5.63. The van der Waals surface area contributed by atoms with Crippen LogP contribution in [0.5, 0.6) is 0 Å². The van der Waals surface area contributed by atoms with Gasteiger partial charge in [0, 0.05) is 6.42 Å². The van der Waals surface area contributed by atoms with Crippen LogP contribution in [0.15, 0.2) is 23.7 Å². The van der Waals surface area contributed by atoms with Crippen LogP contribution < -0.4 is 0 Å². The second-order valence-corrected chi connectivity index (χ2v) is 2.75. The summed E-state index contributed by atoms with van der Waals surface area (Å²) in [6.07, 6.45) is 1.70. The molecule has 0 N–H and O–H groups in total. The molecule has 0 fully saturated rings. The van der Waals surface area contributed by atoms with Crippen LogP contribution in [-0.2, 0) is 18.9 Å².